The third kappa shape index (κ3) is 7.42. The predicted octanol–water partition coefficient (Wildman–Crippen LogP) is 4.36. The van der Waals surface area contributed by atoms with E-state index < -0.39 is 0 Å². The molecule has 160 valence electrons. The molecule has 2 aromatic carbocycles. The summed E-state index contributed by atoms with van der Waals surface area (Å²) in [5.41, 5.74) is 4.11. The molecule has 0 aliphatic carbocycles. The summed E-state index contributed by atoms with van der Waals surface area (Å²) in [4.78, 5) is 32.1. The van der Waals surface area contributed by atoms with E-state index in [-0.39, 0.29) is 17.6 Å². The Morgan fingerprint density at radius 1 is 0.935 bits per heavy atom. The van der Waals surface area contributed by atoms with Crippen molar-refractivity contribution >= 4 is 35.0 Å². The van der Waals surface area contributed by atoms with E-state index in [1.807, 2.05) is 44.2 Å². The van der Waals surface area contributed by atoms with E-state index >= 15 is 0 Å². The zero-order chi connectivity index (χ0) is 22.2. The molecular weight excluding hydrogens is 412 g/mol. The Labute approximate surface area is 185 Å². The van der Waals surface area contributed by atoms with Crippen LogP contribution in [0.5, 0.6) is 5.75 Å². The maximum absolute atomic E-state index is 12.3. The number of hydrogen-bond acceptors (Lipinski definition) is 6. The molecule has 0 unspecified atom stereocenters. The average Bonchev–Trinajstić information content (AvgIpc) is 2.71. The van der Waals surface area contributed by atoms with Crippen molar-refractivity contribution in [2.24, 2.45) is 0 Å². The Bertz CT molecular complexity index is 1050. The Kier molecular flexibility index (Phi) is 7.61. The van der Waals surface area contributed by atoms with Crippen LogP contribution in [0.4, 0.5) is 11.4 Å². The van der Waals surface area contributed by atoms with Gasteiger partial charge in [0, 0.05) is 29.7 Å². The molecule has 2 N–H and O–H groups in total. The number of ether oxygens (including phenoxy) is 1. The maximum Gasteiger partial charge on any atom is 0.234 e. The van der Waals surface area contributed by atoms with Crippen molar-refractivity contribution in [3.8, 4) is 5.75 Å². The first kappa shape index (κ1) is 22.3. The summed E-state index contributed by atoms with van der Waals surface area (Å²) in [6.07, 6.45) is 0. The number of nitrogens with one attached hydrogen (secondary N) is 2. The second kappa shape index (κ2) is 10.6. The van der Waals surface area contributed by atoms with Crippen molar-refractivity contribution in [2.75, 3.05) is 16.4 Å². The number of aromatic nitrogens is 2. The molecule has 0 saturated carbocycles. The van der Waals surface area contributed by atoms with Crippen molar-refractivity contribution in [1.82, 2.24) is 9.97 Å². The van der Waals surface area contributed by atoms with Crippen LogP contribution in [0.25, 0.3) is 0 Å². The van der Waals surface area contributed by atoms with E-state index in [4.69, 9.17) is 4.74 Å². The van der Waals surface area contributed by atoms with Gasteiger partial charge in [-0.15, -0.1) is 0 Å². The highest BCUT2D eigenvalue weighted by atomic mass is 32.2. The molecule has 0 bridgehead atoms. The molecule has 0 saturated heterocycles. The fraction of sp³-hybridized carbons (Fsp3) is 0.217. The molecule has 0 fully saturated rings. The van der Waals surface area contributed by atoms with Gasteiger partial charge in [-0.3, -0.25) is 9.59 Å². The number of nitrogens with zero attached hydrogens (tertiary/aromatic N) is 2. The van der Waals surface area contributed by atoms with Crippen LogP contribution in [0, 0.1) is 13.8 Å². The molecule has 0 radical (unpaired) electrons. The Hall–Kier alpha value is -3.39. The van der Waals surface area contributed by atoms with Gasteiger partial charge in [0.15, 0.2) is 5.16 Å². The number of benzene rings is 2. The summed E-state index contributed by atoms with van der Waals surface area (Å²) >= 11 is 1.31. The highest BCUT2D eigenvalue weighted by molar-refractivity contribution is 7.99. The summed E-state index contributed by atoms with van der Waals surface area (Å²) < 4.78 is 5.79. The van der Waals surface area contributed by atoms with Gasteiger partial charge in [-0.05, 0) is 61.9 Å². The number of aryl methyl sites for hydroxylation is 2. The zero-order valence-electron chi connectivity index (χ0n) is 17.6. The van der Waals surface area contributed by atoms with Crippen LogP contribution in [0.3, 0.4) is 0 Å². The van der Waals surface area contributed by atoms with Crippen molar-refractivity contribution in [3.63, 3.8) is 0 Å². The lowest BCUT2D eigenvalue weighted by Crippen LogP contribution is -2.14. The van der Waals surface area contributed by atoms with Gasteiger partial charge >= 0.3 is 0 Å². The molecule has 8 heteroatoms. The third-order valence-corrected chi connectivity index (χ3v) is 4.93. The van der Waals surface area contributed by atoms with Crippen LogP contribution >= 0.6 is 11.8 Å². The molecule has 31 heavy (non-hydrogen) atoms. The van der Waals surface area contributed by atoms with Gasteiger partial charge in [0.05, 0.1) is 5.75 Å². The summed E-state index contributed by atoms with van der Waals surface area (Å²) in [6.45, 7) is 5.63. The van der Waals surface area contributed by atoms with Crippen LogP contribution in [0.1, 0.15) is 23.9 Å². The summed E-state index contributed by atoms with van der Waals surface area (Å²) in [5.74, 6) is 0.671. The Morgan fingerprint density at radius 2 is 1.65 bits per heavy atom. The quantitative estimate of drug-likeness (QED) is 0.403. The van der Waals surface area contributed by atoms with Crippen molar-refractivity contribution in [1.29, 1.82) is 0 Å². The first-order valence-electron chi connectivity index (χ1n) is 9.72. The number of amides is 2. The molecule has 0 aliphatic rings. The van der Waals surface area contributed by atoms with Crippen LogP contribution in [-0.2, 0) is 16.2 Å². The van der Waals surface area contributed by atoms with Gasteiger partial charge in [0.2, 0.25) is 11.8 Å². The van der Waals surface area contributed by atoms with E-state index in [1.165, 1.54) is 18.7 Å². The number of hydrogen-bond donors (Lipinski definition) is 2. The monoisotopic (exact) mass is 436 g/mol. The van der Waals surface area contributed by atoms with Crippen molar-refractivity contribution in [2.45, 2.75) is 32.5 Å². The minimum Gasteiger partial charge on any atom is -0.489 e. The van der Waals surface area contributed by atoms with Crippen molar-refractivity contribution in [3.05, 3.63) is 71.5 Å². The highest BCUT2D eigenvalue weighted by Gasteiger charge is 2.07. The van der Waals surface area contributed by atoms with Gasteiger partial charge in [-0.25, -0.2) is 9.97 Å². The van der Waals surface area contributed by atoms with Gasteiger partial charge in [0.1, 0.15) is 12.4 Å². The Balaban J connectivity index is 1.51. The molecule has 3 aromatic rings. The minimum absolute atomic E-state index is 0.118. The van der Waals surface area contributed by atoms with Gasteiger partial charge < -0.3 is 15.4 Å². The lowest BCUT2D eigenvalue weighted by molar-refractivity contribution is -0.114. The summed E-state index contributed by atoms with van der Waals surface area (Å²) in [7, 11) is 0. The second-order valence-electron chi connectivity index (χ2n) is 6.96. The molecule has 2 amide bonds. The average molecular weight is 437 g/mol. The smallest absolute Gasteiger partial charge is 0.234 e. The second-order valence-corrected chi connectivity index (χ2v) is 7.91. The van der Waals surface area contributed by atoms with E-state index in [2.05, 4.69) is 20.6 Å². The van der Waals surface area contributed by atoms with Crippen LogP contribution < -0.4 is 15.4 Å². The summed E-state index contributed by atoms with van der Waals surface area (Å²) in [6, 6.07) is 16.6. The van der Waals surface area contributed by atoms with Crippen LogP contribution in [0.15, 0.2) is 59.8 Å². The standard InChI is InChI=1S/C23H24N4O3S/c1-15-11-16(2)25-23(24-15)31-14-22(29)27-20-6-4-5-18(12-20)13-30-21-9-7-19(8-10-21)26-17(3)28/h4-12H,13-14H2,1-3H3,(H,26,28)(H,27,29). The van der Waals surface area contributed by atoms with E-state index in [0.717, 1.165) is 17.0 Å². The number of rotatable bonds is 8. The van der Waals surface area contributed by atoms with Crippen molar-refractivity contribution < 1.29 is 14.3 Å². The topological polar surface area (TPSA) is 93.2 Å². The molecule has 0 spiro atoms. The van der Waals surface area contributed by atoms with Gasteiger partial charge in [0.25, 0.3) is 0 Å². The van der Waals surface area contributed by atoms with E-state index in [1.54, 1.807) is 24.3 Å². The molecule has 7 nitrogen and oxygen atoms in total. The number of anilines is 2. The largest absolute Gasteiger partial charge is 0.489 e. The molecular formula is C23H24N4O3S. The normalized spacial score (nSPS) is 10.4. The molecule has 3 rings (SSSR count). The molecule has 0 aliphatic heterocycles. The van der Waals surface area contributed by atoms with Crippen LogP contribution in [-0.4, -0.2) is 27.5 Å². The number of carbonyl (C=O) groups is 2. The predicted molar refractivity (Wildman–Crippen MR) is 122 cm³/mol. The first-order valence-corrected chi connectivity index (χ1v) is 10.7. The highest BCUT2D eigenvalue weighted by Crippen LogP contribution is 2.19. The fourth-order valence-corrected chi connectivity index (χ4v) is 3.58. The lowest BCUT2D eigenvalue weighted by Gasteiger charge is -2.10. The summed E-state index contributed by atoms with van der Waals surface area (Å²) in [5, 5.41) is 6.20. The van der Waals surface area contributed by atoms with Crippen LogP contribution in [0.2, 0.25) is 0 Å². The Morgan fingerprint density at radius 3 is 2.32 bits per heavy atom. The minimum atomic E-state index is -0.126. The molecule has 1 heterocycles. The SMILES string of the molecule is CC(=O)Nc1ccc(OCc2cccc(NC(=O)CSc3nc(C)cc(C)n3)c2)cc1. The number of thioether (sulfide) groups is 1. The zero-order valence-corrected chi connectivity index (χ0v) is 18.5. The molecule has 1 aromatic heterocycles. The first-order chi connectivity index (χ1) is 14.9. The van der Waals surface area contributed by atoms with Gasteiger partial charge in [-0.2, -0.15) is 0 Å². The maximum atomic E-state index is 12.3. The lowest BCUT2D eigenvalue weighted by atomic mass is 10.2. The van der Waals surface area contributed by atoms with E-state index in [9.17, 15) is 9.59 Å². The third-order valence-electron chi connectivity index (χ3n) is 4.09. The fourth-order valence-electron chi connectivity index (χ4n) is 2.83. The molecule has 0 atom stereocenters. The number of carbonyl (C=O) groups excluding carboxylic acids is 2. The van der Waals surface area contributed by atoms with Gasteiger partial charge in [-0.1, -0.05) is 23.9 Å². The van der Waals surface area contributed by atoms with E-state index in [0.29, 0.717) is 28.9 Å².